The van der Waals surface area contributed by atoms with Crippen LogP contribution in [0, 0.1) is 6.92 Å². The van der Waals surface area contributed by atoms with Crippen LogP contribution in [0.3, 0.4) is 0 Å². The number of benzene rings is 2. The first kappa shape index (κ1) is 25.8. The highest BCUT2D eigenvalue weighted by molar-refractivity contribution is 7.15. The van der Waals surface area contributed by atoms with Crippen molar-refractivity contribution in [3.63, 3.8) is 0 Å². The van der Waals surface area contributed by atoms with Crippen LogP contribution in [0.25, 0.3) is 21.5 Å². The number of aryl methyl sites for hydroxylation is 1. The molecule has 1 unspecified atom stereocenters. The number of rotatable bonds is 4. The largest absolute Gasteiger partial charge is 0.447 e. The third-order valence-electron chi connectivity index (χ3n) is 7.56. The molecule has 2 saturated heterocycles. The summed E-state index contributed by atoms with van der Waals surface area (Å²) in [7, 11) is 0. The predicted octanol–water partition coefficient (Wildman–Crippen LogP) is 5.98. The number of hydrogen-bond acceptors (Lipinski definition) is 7. The lowest BCUT2D eigenvalue weighted by Gasteiger charge is -2.25. The molecular formula is C29H30ClN5O3S. The molecule has 2 N–H and O–H groups in total. The number of carbonyl (C=O) groups excluding carboxylic acids is 1. The van der Waals surface area contributed by atoms with Crippen molar-refractivity contribution in [1.29, 1.82) is 0 Å². The van der Waals surface area contributed by atoms with E-state index >= 15 is 0 Å². The van der Waals surface area contributed by atoms with E-state index in [1.165, 1.54) is 24.1 Å². The molecule has 4 aromatic rings. The minimum absolute atomic E-state index is 0.0986. The van der Waals surface area contributed by atoms with Gasteiger partial charge in [0.2, 0.25) is 0 Å². The van der Waals surface area contributed by atoms with Crippen LogP contribution in [0.4, 0.5) is 10.5 Å². The summed E-state index contributed by atoms with van der Waals surface area (Å²) in [6.45, 7) is 3.81. The van der Waals surface area contributed by atoms with Crippen LogP contribution >= 0.6 is 22.9 Å². The van der Waals surface area contributed by atoms with Gasteiger partial charge in [0.15, 0.2) is 0 Å². The number of hydrogen-bond donors (Lipinski definition) is 1. The number of aromatic nitrogens is 3. The van der Waals surface area contributed by atoms with Crippen LogP contribution in [0.1, 0.15) is 54.3 Å². The molecule has 8 nitrogen and oxygen atoms in total. The van der Waals surface area contributed by atoms with E-state index in [0.29, 0.717) is 52.5 Å². The van der Waals surface area contributed by atoms with Gasteiger partial charge >= 0.3 is 6.09 Å². The van der Waals surface area contributed by atoms with E-state index in [0.717, 1.165) is 35.5 Å². The second kappa shape index (κ2) is 10.6. The summed E-state index contributed by atoms with van der Waals surface area (Å²) in [5.41, 5.74) is 9.25. The van der Waals surface area contributed by atoms with E-state index in [9.17, 15) is 9.59 Å². The summed E-state index contributed by atoms with van der Waals surface area (Å²) in [6.07, 6.45) is 7.84. The van der Waals surface area contributed by atoms with Crippen LogP contribution in [-0.2, 0) is 11.3 Å². The van der Waals surface area contributed by atoms with Crippen molar-refractivity contribution < 1.29 is 9.53 Å². The zero-order valence-corrected chi connectivity index (χ0v) is 23.3. The predicted molar refractivity (Wildman–Crippen MR) is 154 cm³/mol. The molecule has 2 aliphatic heterocycles. The molecule has 4 heterocycles. The van der Waals surface area contributed by atoms with Crippen molar-refractivity contribution in [2.24, 2.45) is 0 Å². The topological polar surface area (TPSA) is 103 Å². The molecule has 3 aliphatic rings. The highest BCUT2D eigenvalue weighted by Gasteiger charge is 2.34. The maximum atomic E-state index is 13.2. The Labute approximate surface area is 235 Å². The van der Waals surface area contributed by atoms with Gasteiger partial charge in [0, 0.05) is 33.9 Å². The monoisotopic (exact) mass is 563 g/mol. The molecule has 1 amide bonds. The summed E-state index contributed by atoms with van der Waals surface area (Å²) >= 11 is 7.64. The van der Waals surface area contributed by atoms with Crippen molar-refractivity contribution in [3.8, 4) is 10.6 Å². The molecular weight excluding hydrogens is 534 g/mol. The maximum absolute atomic E-state index is 13.2. The minimum Gasteiger partial charge on any atom is -0.447 e. The lowest BCUT2D eigenvalue weighted by atomic mass is 10.0. The minimum atomic E-state index is -0.107. The first-order valence-corrected chi connectivity index (χ1v) is 14.5. The standard InChI is InChI=1S/C22H19ClN4OS.C7H11NO2/c1-12-26-19-9-16(21-25-10-20(29-21)14-4-5-14)18(24)8-17(19)22(28)27(12)11-13-2-6-15(23)7-3-13;9-7-8-4-2-1-3-6(8)5-10-7/h2-3,6-10,14H,4-5,11,24H2,1H3;6H,1-5H2. The van der Waals surface area contributed by atoms with Gasteiger partial charge in [-0.3, -0.25) is 9.36 Å². The van der Waals surface area contributed by atoms with E-state index in [1.807, 2.05) is 48.4 Å². The normalized spacial score (nSPS) is 18.5. The smallest absolute Gasteiger partial charge is 0.410 e. The number of amides is 1. The number of piperidine rings is 1. The first-order valence-electron chi connectivity index (χ1n) is 13.3. The number of anilines is 1. The Morgan fingerprint density at radius 3 is 2.67 bits per heavy atom. The Morgan fingerprint density at radius 1 is 1.13 bits per heavy atom. The SMILES string of the molecule is Cc1nc2cc(-c3ncc(C4CC4)s3)c(N)cc2c(=O)n1Cc1ccc(Cl)cc1.O=C1OCC2CCCCN12. The van der Waals surface area contributed by atoms with Gasteiger partial charge in [0.1, 0.15) is 17.4 Å². The van der Waals surface area contributed by atoms with Gasteiger partial charge in [-0.05, 0) is 74.8 Å². The highest BCUT2D eigenvalue weighted by Crippen LogP contribution is 2.44. The molecule has 0 bridgehead atoms. The third kappa shape index (κ3) is 5.38. The zero-order valence-electron chi connectivity index (χ0n) is 21.7. The fraction of sp³-hybridized carbons (Fsp3) is 0.379. The fourth-order valence-corrected chi connectivity index (χ4v) is 6.42. The van der Waals surface area contributed by atoms with Gasteiger partial charge < -0.3 is 15.4 Å². The van der Waals surface area contributed by atoms with Gasteiger partial charge in [0.05, 0.1) is 23.5 Å². The van der Waals surface area contributed by atoms with Crippen LogP contribution in [0.15, 0.2) is 47.4 Å². The quantitative estimate of drug-likeness (QED) is 0.306. The molecule has 1 aliphatic carbocycles. The molecule has 10 heteroatoms. The summed E-state index contributed by atoms with van der Waals surface area (Å²) < 4.78 is 6.55. The van der Waals surface area contributed by atoms with Crippen molar-refractivity contribution in [2.45, 2.75) is 57.5 Å². The Hall–Kier alpha value is -3.43. The Morgan fingerprint density at radius 2 is 1.92 bits per heavy atom. The number of nitrogens with zero attached hydrogens (tertiary/aromatic N) is 4. The summed E-state index contributed by atoms with van der Waals surface area (Å²) in [4.78, 5) is 36.5. The summed E-state index contributed by atoms with van der Waals surface area (Å²) in [5, 5.41) is 2.07. The van der Waals surface area contributed by atoms with Gasteiger partial charge in [-0.2, -0.15) is 0 Å². The van der Waals surface area contributed by atoms with E-state index in [1.54, 1.807) is 22.0 Å². The summed E-state index contributed by atoms with van der Waals surface area (Å²) in [5.74, 6) is 1.31. The van der Waals surface area contributed by atoms with Crippen molar-refractivity contribution in [2.75, 3.05) is 18.9 Å². The Kier molecular flexibility index (Phi) is 7.03. The average molecular weight is 564 g/mol. The maximum Gasteiger partial charge on any atom is 0.410 e. The number of ether oxygens (including phenoxy) is 1. The molecule has 7 rings (SSSR count). The van der Waals surface area contributed by atoms with Gasteiger partial charge in [-0.25, -0.2) is 14.8 Å². The number of nitrogens with two attached hydrogens (primary N) is 1. The van der Waals surface area contributed by atoms with E-state index in [2.05, 4.69) is 9.97 Å². The molecule has 2 aromatic carbocycles. The zero-order chi connectivity index (χ0) is 27.1. The second-order valence-corrected chi connectivity index (χ2v) is 11.9. The van der Waals surface area contributed by atoms with Gasteiger partial charge in [-0.1, -0.05) is 23.7 Å². The summed E-state index contributed by atoms with van der Waals surface area (Å²) in [6, 6.07) is 11.5. The van der Waals surface area contributed by atoms with E-state index in [4.69, 9.17) is 22.1 Å². The lowest BCUT2D eigenvalue weighted by Crippen LogP contribution is -2.37. The molecule has 0 radical (unpaired) electrons. The molecule has 2 aromatic heterocycles. The molecule has 202 valence electrons. The average Bonchev–Trinajstić information content (AvgIpc) is 3.55. The number of carbonyl (C=O) groups is 1. The van der Waals surface area contributed by atoms with Crippen LogP contribution in [0.5, 0.6) is 0 Å². The molecule has 1 atom stereocenters. The van der Waals surface area contributed by atoms with Crippen molar-refractivity contribution >= 4 is 45.6 Å². The molecule has 39 heavy (non-hydrogen) atoms. The highest BCUT2D eigenvalue weighted by atomic mass is 35.5. The van der Waals surface area contributed by atoms with Crippen LogP contribution in [0.2, 0.25) is 5.02 Å². The van der Waals surface area contributed by atoms with Crippen molar-refractivity contribution in [1.82, 2.24) is 19.4 Å². The van der Waals surface area contributed by atoms with E-state index < -0.39 is 0 Å². The number of fused-ring (bicyclic) bond motifs is 2. The Bertz CT molecular complexity index is 1600. The number of halogens is 1. The number of nitrogen functional groups attached to an aromatic ring is 1. The number of thiazole rings is 1. The fourth-order valence-electron chi connectivity index (χ4n) is 5.17. The van der Waals surface area contributed by atoms with Crippen molar-refractivity contribution in [3.05, 3.63) is 74.2 Å². The van der Waals surface area contributed by atoms with Crippen LogP contribution < -0.4 is 11.3 Å². The first-order chi connectivity index (χ1) is 18.9. The number of cyclic esters (lactones) is 1. The second-order valence-electron chi connectivity index (χ2n) is 10.4. The molecule has 3 fully saturated rings. The van der Waals surface area contributed by atoms with Gasteiger partial charge in [0.25, 0.3) is 5.56 Å². The third-order valence-corrected chi connectivity index (χ3v) is 9.01. The van der Waals surface area contributed by atoms with Gasteiger partial charge in [-0.15, -0.1) is 11.3 Å². The molecule has 1 saturated carbocycles. The lowest BCUT2D eigenvalue weighted by molar-refractivity contribution is 0.154. The van der Waals surface area contributed by atoms with Crippen LogP contribution in [-0.4, -0.2) is 44.7 Å². The molecule has 0 spiro atoms. The van der Waals surface area contributed by atoms with E-state index in [-0.39, 0.29) is 11.7 Å². The Balaban J connectivity index is 0.000000231.